The maximum atomic E-state index is 10.9. The van der Waals surface area contributed by atoms with Crippen LogP contribution in [-0.4, -0.2) is 37.7 Å². The SMILES string of the molecule is NCC(=O)NCOC1CCNC1=O. The zero-order valence-electron chi connectivity index (χ0n) is 7.21. The van der Waals surface area contributed by atoms with Crippen molar-refractivity contribution in [3.63, 3.8) is 0 Å². The van der Waals surface area contributed by atoms with E-state index in [4.69, 9.17) is 10.5 Å². The average Bonchev–Trinajstić information content (AvgIpc) is 2.52. The fourth-order valence-corrected chi connectivity index (χ4v) is 1.03. The Morgan fingerprint density at radius 1 is 1.77 bits per heavy atom. The lowest BCUT2D eigenvalue weighted by Crippen LogP contribution is -2.35. The minimum atomic E-state index is -0.432. The van der Waals surface area contributed by atoms with Crippen LogP contribution in [0.4, 0.5) is 0 Å². The van der Waals surface area contributed by atoms with Crippen molar-refractivity contribution in [3.05, 3.63) is 0 Å². The molecule has 1 rings (SSSR count). The first-order valence-corrected chi connectivity index (χ1v) is 4.10. The third-order valence-corrected chi connectivity index (χ3v) is 1.74. The zero-order chi connectivity index (χ0) is 9.68. The van der Waals surface area contributed by atoms with E-state index in [-0.39, 0.29) is 25.1 Å². The molecule has 0 spiro atoms. The number of amides is 2. The molecule has 1 unspecified atom stereocenters. The number of carbonyl (C=O) groups excluding carboxylic acids is 2. The van der Waals surface area contributed by atoms with Gasteiger partial charge in [-0.2, -0.15) is 0 Å². The predicted octanol–water partition coefficient (Wildman–Crippen LogP) is -2.08. The van der Waals surface area contributed by atoms with Gasteiger partial charge in [0.25, 0.3) is 0 Å². The van der Waals surface area contributed by atoms with Crippen LogP contribution in [0.25, 0.3) is 0 Å². The summed E-state index contributed by atoms with van der Waals surface area (Å²) >= 11 is 0. The molecule has 1 heterocycles. The third kappa shape index (κ3) is 3.00. The van der Waals surface area contributed by atoms with Gasteiger partial charge in [-0.1, -0.05) is 0 Å². The first-order valence-electron chi connectivity index (χ1n) is 4.10. The molecule has 0 saturated carbocycles. The fourth-order valence-electron chi connectivity index (χ4n) is 1.03. The monoisotopic (exact) mass is 187 g/mol. The van der Waals surface area contributed by atoms with Crippen LogP contribution in [0.5, 0.6) is 0 Å². The molecule has 0 aromatic heterocycles. The van der Waals surface area contributed by atoms with Crippen molar-refractivity contribution in [2.45, 2.75) is 12.5 Å². The topological polar surface area (TPSA) is 93.5 Å². The van der Waals surface area contributed by atoms with Gasteiger partial charge in [0, 0.05) is 13.0 Å². The molecule has 1 saturated heterocycles. The Morgan fingerprint density at radius 2 is 2.54 bits per heavy atom. The minimum absolute atomic E-state index is 0.0358. The number of ether oxygens (including phenoxy) is 1. The molecule has 0 aliphatic carbocycles. The van der Waals surface area contributed by atoms with Crippen LogP contribution in [0.15, 0.2) is 0 Å². The summed E-state index contributed by atoms with van der Waals surface area (Å²) in [7, 11) is 0. The average molecular weight is 187 g/mol. The highest BCUT2D eigenvalue weighted by atomic mass is 16.5. The second kappa shape index (κ2) is 4.78. The molecule has 1 fully saturated rings. The molecule has 74 valence electrons. The Balaban J connectivity index is 2.12. The third-order valence-electron chi connectivity index (χ3n) is 1.74. The Labute approximate surface area is 75.8 Å². The largest absolute Gasteiger partial charge is 0.354 e. The van der Waals surface area contributed by atoms with Gasteiger partial charge < -0.3 is 21.1 Å². The van der Waals surface area contributed by atoms with Gasteiger partial charge in [0.15, 0.2) is 0 Å². The Kier molecular flexibility index (Phi) is 3.66. The highest BCUT2D eigenvalue weighted by Crippen LogP contribution is 2.03. The first kappa shape index (κ1) is 9.94. The predicted molar refractivity (Wildman–Crippen MR) is 44.6 cm³/mol. The molecule has 6 heteroatoms. The minimum Gasteiger partial charge on any atom is -0.354 e. The molecule has 0 aromatic carbocycles. The van der Waals surface area contributed by atoms with E-state index < -0.39 is 6.10 Å². The Morgan fingerprint density at radius 3 is 3.08 bits per heavy atom. The van der Waals surface area contributed by atoms with Gasteiger partial charge in [-0.3, -0.25) is 9.59 Å². The first-order chi connectivity index (χ1) is 6.24. The molecular formula is C7H13N3O3. The lowest BCUT2D eigenvalue weighted by molar-refractivity contribution is -0.132. The normalized spacial score (nSPS) is 21.3. The summed E-state index contributed by atoms with van der Waals surface area (Å²) in [5.41, 5.74) is 5.05. The van der Waals surface area contributed by atoms with Crippen LogP contribution < -0.4 is 16.4 Å². The summed E-state index contributed by atoms with van der Waals surface area (Å²) in [5.74, 6) is -0.416. The molecule has 4 N–H and O–H groups in total. The van der Waals surface area contributed by atoms with Crippen LogP contribution in [0.1, 0.15) is 6.42 Å². The number of carbonyl (C=O) groups is 2. The molecule has 2 amide bonds. The second-order valence-corrected chi connectivity index (χ2v) is 2.68. The van der Waals surface area contributed by atoms with E-state index in [0.717, 1.165) is 0 Å². The van der Waals surface area contributed by atoms with Gasteiger partial charge in [0.05, 0.1) is 6.54 Å². The summed E-state index contributed by atoms with van der Waals surface area (Å²) in [6.45, 7) is 0.600. The Hall–Kier alpha value is -1.14. The van der Waals surface area contributed by atoms with Crippen LogP contribution in [0.3, 0.4) is 0 Å². The van der Waals surface area contributed by atoms with Gasteiger partial charge in [-0.25, -0.2) is 0 Å². The summed E-state index contributed by atoms with van der Waals surface area (Å²) < 4.78 is 5.09. The van der Waals surface area contributed by atoms with Crippen LogP contribution in [0.2, 0.25) is 0 Å². The van der Waals surface area contributed by atoms with Crippen LogP contribution in [-0.2, 0) is 14.3 Å². The zero-order valence-corrected chi connectivity index (χ0v) is 7.21. The van der Waals surface area contributed by atoms with Crippen molar-refractivity contribution < 1.29 is 14.3 Å². The van der Waals surface area contributed by atoms with E-state index in [1.807, 2.05) is 0 Å². The second-order valence-electron chi connectivity index (χ2n) is 2.68. The van der Waals surface area contributed by atoms with Crippen LogP contribution >= 0.6 is 0 Å². The summed E-state index contributed by atoms with van der Waals surface area (Å²) in [6, 6.07) is 0. The number of hydrogen-bond donors (Lipinski definition) is 3. The molecule has 1 aliphatic heterocycles. The molecule has 6 nitrogen and oxygen atoms in total. The number of rotatable bonds is 4. The molecule has 0 bridgehead atoms. The van der Waals surface area contributed by atoms with Crippen molar-refractivity contribution in [1.29, 1.82) is 0 Å². The van der Waals surface area contributed by atoms with Crippen molar-refractivity contribution >= 4 is 11.8 Å². The van der Waals surface area contributed by atoms with Gasteiger partial charge in [-0.15, -0.1) is 0 Å². The molecule has 0 radical (unpaired) electrons. The van der Waals surface area contributed by atoms with Gasteiger partial charge in [0.2, 0.25) is 11.8 Å². The fraction of sp³-hybridized carbons (Fsp3) is 0.714. The molecule has 1 aliphatic rings. The number of hydrogen-bond acceptors (Lipinski definition) is 4. The van der Waals surface area contributed by atoms with Crippen molar-refractivity contribution in [3.8, 4) is 0 Å². The van der Waals surface area contributed by atoms with Gasteiger partial charge in [-0.05, 0) is 0 Å². The highest BCUT2D eigenvalue weighted by molar-refractivity contribution is 5.82. The molecular weight excluding hydrogens is 174 g/mol. The van der Waals surface area contributed by atoms with E-state index in [0.29, 0.717) is 13.0 Å². The van der Waals surface area contributed by atoms with Crippen LogP contribution in [0, 0.1) is 0 Å². The van der Waals surface area contributed by atoms with E-state index in [2.05, 4.69) is 10.6 Å². The highest BCUT2D eigenvalue weighted by Gasteiger charge is 2.24. The van der Waals surface area contributed by atoms with Crippen molar-refractivity contribution in [2.75, 3.05) is 19.8 Å². The van der Waals surface area contributed by atoms with Crippen molar-refractivity contribution in [2.24, 2.45) is 5.73 Å². The smallest absolute Gasteiger partial charge is 0.249 e. The van der Waals surface area contributed by atoms with E-state index in [1.54, 1.807) is 0 Å². The van der Waals surface area contributed by atoms with E-state index in [1.165, 1.54) is 0 Å². The molecule has 13 heavy (non-hydrogen) atoms. The lowest BCUT2D eigenvalue weighted by atomic mass is 10.3. The summed E-state index contributed by atoms with van der Waals surface area (Å²) in [6.07, 6.45) is 0.218. The van der Waals surface area contributed by atoms with Crippen molar-refractivity contribution in [1.82, 2.24) is 10.6 Å². The quantitative estimate of drug-likeness (QED) is 0.440. The number of nitrogens with one attached hydrogen (secondary N) is 2. The summed E-state index contributed by atoms with van der Waals surface area (Å²) in [5, 5.41) is 5.03. The summed E-state index contributed by atoms with van der Waals surface area (Å²) in [4.78, 5) is 21.6. The van der Waals surface area contributed by atoms with E-state index in [9.17, 15) is 9.59 Å². The van der Waals surface area contributed by atoms with Gasteiger partial charge >= 0.3 is 0 Å². The Bertz CT molecular complexity index is 207. The number of nitrogens with two attached hydrogens (primary N) is 1. The van der Waals surface area contributed by atoms with E-state index >= 15 is 0 Å². The molecule has 0 aromatic rings. The molecule has 1 atom stereocenters. The standard InChI is InChI=1S/C7H13N3O3/c8-3-6(11)10-4-13-5-1-2-9-7(5)12/h5H,1-4,8H2,(H,9,12)(H,10,11). The van der Waals surface area contributed by atoms with Gasteiger partial charge in [0.1, 0.15) is 12.8 Å². The maximum Gasteiger partial charge on any atom is 0.249 e. The maximum absolute atomic E-state index is 10.9. The lowest BCUT2D eigenvalue weighted by Gasteiger charge is -2.09.